The second-order valence-corrected chi connectivity index (χ2v) is 10.4. The molecule has 0 aromatic carbocycles. The number of amides is 2. The lowest BCUT2D eigenvalue weighted by atomic mass is 9.93. The van der Waals surface area contributed by atoms with Crippen LogP contribution in [0.15, 0.2) is 30.6 Å². The van der Waals surface area contributed by atoms with Gasteiger partial charge in [0.25, 0.3) is 5.91 Å². The first-order chi connectivity index (χ1) is 18.2. The number of anilines is 1. The maximum Gasteiger partial charge on any atom is 0.408 e. The Morgan fingerprint density at radius 1 is 1.11 bits per heavy atom. The van der Waals surface area contributed by atoms with Crippen molar-refractivity contribution in [2.24, 2.45) is 0 Å². The summed E-state index contributed by atoms with van der Waals surface area (Å²) in [5.41, 5.74) is 2.64. The lowest BCUT2D eigenvalue weighted by Crippen LogP contribution is -2.48. The third-order valence-corrected chi connectivity index (χ3v) is 7.61. The second kappa shape index (κ2) is 9.25. The second-order valence-electron chi connectivity index (χ2n) is 10.4. The van der Waals surface area contributed by atoms with Crippen LogP contribution in [0, 0.1) is 6.92 Å². The highest BCUT2D eigenvalue weighted by Crippen LogP contribution is 2.35. The number of rotatable bonds is 6. The van der Waals surface area contributed by atoms with Gasteiger partial charge in [-0.1, -0.05) is 0 Å². The number of aryl methyl sites for hydroxylation is 1. The molecule has 9 nitrogen and oxygen atoms in total. The van der Waals surface area contributed by atoms with Gasteiger partial charge in [-0.05, 0) is 50.8 Å². The first-order valence-electron chi connectivity index (χ1n) is 12.9. The Bertz CT molecular complexity index is 1400. The molecule has 0 unspecified atom stereocenters. The molecule has 1 N–H and O–H groups in total. The molecule has 0 radical (unpaired) electrons. The minimum atomic E-state index is -4.45. The molecule has 12 heteroatoms. The molecule has 3 aromatic heterocycles. The van der Waals surface area contributed by atoms with Crippen molar-refractivity contribution in [3.05, 3.63) is 47.5 Å². The third kappa shape index (κ3) is 4.56. The quantitative estimate of drug-likeness (QED) is 0.527. The highest BCUT2D eigenvalue weighted by molar-refractivity contribution is 5.96. The summed E-state index contributed by atoms with van der Waals surface area (Å²) in [6.45, 7) is 2.54. The Balaban J connectivity index is 1.19. The van der Waals surface area contributed by atoms with E-state index in [2.05, 4.69) is 20.4 Å². The molecule has 0 bridgehead atoms. The largest absolute Gasteiger partial charge is 0.408 e. The van der Waals surface area contributed by atoms with Crippen LogP contribution in [0.25, 0.3) is 10.9 Å². The van der Waals surface area contributed by atoms with E-state index in [1.54, 1.807) is 35.5 Å². The van der Waals surface area contributed by atoms with E-state index in [1.807, 2.05) is 6.92 Å². The van der Waals surface area contributed by atoms with E-state index in [9.17, 15) is 22.8 Å². The van der Waals surface area contributed by atoms with E-state index in [0.29, 0.717) is 48.1 Å². The molecule has 38 heavy (non-hydrogen) atoms. The van der Waals surface area contributed by atoms with Gasteiger partial charge in [-0.15, -0.1) is 0 Å². The van der Waals surface area contributed by atoms with Gasteiger partial charge in [0, 0.05) is 60.6 Å². The van der Waals surface area contributed by atoms with Gasteiger partial charge < -0.3 is 15.1 Å². The molecule has 3 aliphatic rings. The van der Waals surface area contributed by atoms with Crippen molar-refractivity contribution >= 4 is 28.5 Å². The Kier molecular flexibility index (Phi) is 5.99. The molecular formula is C26H28F3N7O2. The van der Waals surface area contributed by atoms with Crippen LogP contribution in [0.4, 0.5) is 19.0 Å². The van der Waals surface area contributed by atoms with Crippen molar-refractivity contribution in [2.45, 2.75) is 63.3 Å². The summed E-state index contributed by atoms with van der Waals surface area (Å²) in [6, 6.07) is 3.87. The number of likely N-dealkylation sites (tertiary alicyclic amines) is 2. The summed E-state index contributed by atoms with van der Waals surface area (Å²) in [7, 11) is 0. The minimum Gasteiger partial charge on any atom is -0.367 e. The number of nitrogens with one attached hydrogen (secondary N) is 1. The van der Waals surface area contributed by atoms with Crippen LogP contribution in [-0.2, 0) is 11.3 Å². The number of aromatic nitrogens is 4. The van der Waals surface area contributed by atoms with Gasteiger partial charge in [0.15, 0.2) is 0 Å². The summed E-state index contributed by atoms with van der Waals surface area (Å²) < 4.78 is 41.7. The topological polar surface area (TPSA) is 96.2 Å². The first kappa shape index (κ1) is 24.6. The van der Waals surface area contributed by atoms with Gasteiger partial charge in [-0.3, -0.25) is 19.3 Å². The van der Waals surface area contributed by atoms with Crippen LogP contribution in [-0.4, -0.2) is 79.3 Å². The highest BCUT2D eigenvalue weighted by atomic mass is 19.4. The molecule has 6 rings (SSSR count). The van der Waals surface area contributed by atoms with Crippen LogP contribution < -0.4 is 5.32 Å². The van der Waals surface area contributed by atoms with Crippen molar-refractivity contribution in [1.82, 2.24) is 29.5 Å². The molecule has 0 spiro atoms. The number of pyridine rings is 2. The van der Waals surface area contributed by atoms with E-state index in [-0.39, 0.29) is 31.3 Å². The van der Waals surface area contributed by atoms with Crippen molar-refractivity contribution in [3.8, 4) is 0 Å². The summed E-state index contributed by atoms with van der Waals surface area (Å²) in [6.07, 6.45) is 1.24. The average Bonchev–Trinajstić information content (AvgIpc) is 3.36. The zero-order chi connectivity index (χ0) is 26.6. The molecule has 5 heterocycles. The van der Waals surface area contributed by atoms with Crippen LogP contribution in [0.5, 0.6) is 0 Å². The number of fused-ring (bicyclic) bond motifs is 1. The SMILES string of the molecule is Cc1nccc2c1c(C1CN(C(=O)c3ccnc(NC4CC4)c3)C1)nn2CC(=O)N1CCC[C@H]1C(F)(F)F. The lowest BCUT2D eigenvalue weighted by Gasteiger charge is -2.38. The zero-order valence-corrected chi connectivity index (χ0v) is 20.9. The van der Waals surface area contributed by atoms with E-state index < -0.39 is 18.1 Å². The van der Waals surface area contributed by atoms with Gasteiger partial charge in [-0.25, -0.2) is 4.98 Å². The monoisotopic (exact) mass is 527 g/mol. The molecule has 2 aliphatic heterocycles. The first-order valence-corrected chi connectivity index (χ1v) is 12.9. The van der Waals surface area contributed by atoms with E-state index in [0.717, 1.165) is 28.8 Å². The van der Waals surface area contributed by atoms with Gasteiger partial charge in [0.1, 0.15) is 18.4 Å². The van der Waals surface area contributed by atoms with Gasteiger partial charge in [0.05, 0.1) is 11.2 Å². The number of alkyl halides is 3. The van der Waals surface area contributed by atoms with Gasteiger partial charge in [0.2, 0.25) is 5.91 Å². The number of carbonyl (C=O) groups is 2. The summed E-state index contributed by atoms with van der Waals surface area (Å²) in [5.74, 6) is -0.0731. The maximum absolute atomic E-state index is 13.4. The van der Waals surface area contributed by atoms with E-state index >= 15 is 0 Å². The fraction of sp³-hybridized carbons (Fsp3) is 0.500. The summed E-state index contributed by atoms with van der Waals surface area (Å²) in [4.78, 5) is 37.4. The third-order valence-electron chi connectivity index (χ3n) is 7.61. The lowest BCUT2D eigenvalue weighted by molar-refractivity contribution is -0.183. The van der Waals surface area contributed by atoms with Crippen molar-refractivity contribution in [3.63, 3.8) is 0 Å². The van der Waals surface area contributed by atoms with Crippen molar-refractivity contribution in [2.75, 3.05) is 25.0 Å². The molecule has 200 valence electrons. The number of hydrogen-bond donors (Lipinski definition) is 1. The molecule has 2 saturated heterocycles. The van der Waals surface area contributed by atoms with Gasteiger partial charge >= 0.3 is 6.18 Å². The predicted molar refractivity (Wildman–Crippen MR) is 133 cm³/mol. The van der Waals surface area contributed by atoms with Crippen molar-refractivity contribution in [1.29, 1.82) is 0 Å². The van der Waals surface area contributed by atoms with E-state index in [1.165, 1.54) is 4.68 Å². The fourth-order valence-corrected chi connectivity index (χ4v) is 5.43. The normalized spacial score (nSPS) is 20.2. The smallest absolute Gasteiger partial charge is 0.367 e. The Labute approximate surface area is 217 Å². The predicted octanol–water partition coefficient (Wildman–Crippen LogP) is 3.50. The van der Waals surface area contributed by atoms with Crippen LogP contribution in [0.3, 0.4) is 0 Å². The van der Waals surface area contributed by atoms with Crippen molar-refractivity contribution < 1.29 is 22.8 Å². The standard InChI is InChI=1S/C26H28F3N7O2/c1-15-23-19(7-9-30-15)36(14-22(37)35-10-2-3-20(35)26(27,28)29)33-24(23)17-12-34(13-17)25(38)16-6-8-31-21(11-16)32-18-4-5-18/h6-9,11,17-18,20H,2-5,10,12-14H2,1H3,(H,31,32)/t20-/m0/s1. The number of carbonyl (C=O) groups excluding carboxylic acids is 2. The molecule has 3 aromatic rings. The minimum absolute atomic E-state index is 0.0682. The zero-order valence-electron chi connectivity index (χ0n) is 20.9. The van der Waals surface area contributed by atoms with E-state index in [4.69, 9.17) is 0 Å². The molecular weight excluding hydrogens is 499 g/mol. The summed E-state index contributed by atoms with van der Waals surface area (Å²) in [5, 5.41) is 8.77. The fourth-order valence-electron chi connectivity index (χ4n) is 5.43. The Morgan fingerprint density at radius 3 is 2.61 bits per heavy atom. The van der Waals surface area contributed by atoms with Crippen LogP contribution >= 0.6 is 0 Å². The average molecular weight is 528 g/mol. The number of hydrogen-bond acceptors (Lipinski definition) is 6. The highest BCUT2D eigenvalue weighted by Gasteiger charge is 2.47. The summed E-state index contributed by atoms with van der Waals surface area (Å²) >= 11 is 0. The Morgan fingerprint density at radius 2 is 1.87 bits per heavy atom. The van der Waals surface area contributed by atoms with Gasteiger partial charge in [-0.2, -0.15) is 18.3 Å². The molecule has 1 aliphatic carbocycles. The molecule has 1 atom stereocenters. The molecule has 2 amide bonds. The molecule has 3 fully saturated rings. The number of halogens is 3. The molecule has 1 saturated carbocycles. The maximum atomic E-state index is 13.4. The Hall–Kier alpha value is -3.70. The van der Waals surface area contributed by atoms with Crippen LogP contribution in [0.1, 0.15) is 53.3 Å². The number of nitrogens with zero attached hydrogens (tertiary/aromatic N) is 6. The van der Waals surface area contributed by atoms with Crippen LogP contribution in [0.2, 0.25) is 0 Å².